The van der Waals surface area contributed by atoms with E-state index < -0.39 is 0 Å². The lowest BCUT2D eigenvalue weighted by Gasteiger charge is -2.28. The van der Waals surface area contributed by atoms with E-state index in [2.05, 4.69) is 5.32 Å². The van der Waals surface area contributed by atoms with Gasteiger partial charge in [-0.15, -0.1) is 23.5 Å². The van der Waals surface area contributed by atoms with E-state index >= 15 is 0 Å². The van der Waals surface area contributed by atoms with Gasteiger partial charge in [-0.2, -0.15) is 0 Å². The average molecular weight is 326 g/mol. The SMILES string of the molecule is Fc1ccc(C2C3=C(CCS3)NC3=C2SCC3)cc1Cl. The molecule has 1 nitrogen and oxygen atoms in total. The van der Waals surface area contributed by atoms with Crippen molar-refractivity contribution in [1.82, 2.24) is 5.32 Å². The Morgan fingerprint density at radius 1 is 1.10 bits per heavy atom. The summed E-state index contributed by atoms with van der Waals surface area (Å²) in [6.07, 6.45) is 2.21. The van der Waals surface area contributed by atoms with Crippen molar-refractivity contribution in [1.29, 1.82) is 0 Å². The lowest BCUT2D eigenvalue weighted by Crippen LogP contribution is -2.21. The number of rotatable bonds is 1. The molecule has 0 radical (unpaired) electrons. The van der Waals surface area contributed by atoms with Crippen LogP contribution >= 0.6 is 35.1 Å². The van der Waals surface area contributed by atoms with Crippen molar-refractivity contribution in [2.75, 3.05) is 11.5 Å². The number of nitrogens with one attached hydrogen (secondary N) is 1. The maximum atomic E-state index is 13.4. The molecule has 1 N–H and O–H groups in total. The summed E-state index contributed by atoms with van der Waals surface area (Å²) in [5.41, 5.74) is 3.84. The second-order valence-electron chi connectivity index (χ2n) is 5.11. The zero-order valence-electron chi connectivity index (χ0n) is 10.7. The van der Waals surface area contributed by atoms with Crippen LogP contribution in [0.15, 0.2) is 39.4 Å². The highest BCUT2D eigenvalue weighted by Crippen LogP contribution is 2.53. The standard InChI is InChI=1S/C15H13ClFNS2/c16-9-7-8(1-2-10(9)17)13-14-11(3-5-19-14)18-12-4-6-20-15(12)13/h1-2,7,13,18H,3-6H2. The van der Waals surface area contributed by atoms with Crippen LogP contribution in [0.4, 0.5) is 4.39 Å². The number of dihydropyridines is 1. The summed E-state index contributed by atoms with van der Waals surface area (Å²) in [6.45, 7) is 0. The average Bonchev–Trinajstić information content (AvgIpc) is 3.07. The van der Waals surface area contributed by atoms with Crippen molar-refractivity contribution >= 4 is 35.1 Å². The van der Waals surface area contributed by atoms with E-state index in [1.54, 1.807) is 6.07 Å². The second kappa shape index (κ2) is 5.00. The van der Waals surface area contributed by atoms with Gasteiger partial charge in [0.05, 0.1) is 5.02 Å². The molecule has 0 saturated carbocycles. The number of halogens is 2. The molecule has 0 aromatic heterocycles. The number of hydrogen-bond donors (Lipinski definition) is 1. The summed E-state index contributed by atoms with van der Waals surface area (Å²) < 4.78 is 13.4. The van der Waals surface area contributed by atoms with Gasteiger partial charge in [0.25, 0.3) is 0 Å². The molecule has 1 aromatic rings. The Morgan fingerprint density at radius 2 is 1.75 bits per heavy atom. The Hall–Kier alpha value is -0.580. The van der Waals surface area contributed by atoms with E-state index in [1.165, 1.54) is 27.3 Å². The van der Waals surface area contributed by atoms with Gasteiger partial charge < -0.3 is 5.32 Å². The molecule has 3 aliphatic heterocycles. The van der Waals surface area contributed by atoms with Crippen LogP contribution in [0.3, 0.4) is 0 Å². The molecule has 104 valence electrons. The molecule has 20 heavy (non-hydrogen) atoms. The Bertz CT molecular complexity index is 623. The molecule has 0 bridgehead atoms. The first-order valence-electron chi connectivity index (χ1n) is 6.67. The normalized spacial score (nSPS) is 22.1. The van der Waals surface area contributed by atoms with Crippen LogP contribution in [-0.4, -0.2) is 11.5 Å². The minimum atomic E-state index is -0.342. The van der Waals surface area contributed by atoms with E-state index in [0.717, 1.165) is 29.9 Å². The van der Waals surface area contributed by atoms with Gasteiger partial charge in [-0.25, -0.2) is 4.39 Å². The van der Waals surface area contributed by atoms with E-state index in [-0.39, 0.29) is 16.8 Å². The Labute approximate surface area is 131 Å². The van der Waals surface area contributed by atoms with Crippen LogP contribution in [0.1, 0.15) is 24.3 Å². The fourth-order valence-corrected chi connectivity index (χ4v) is 5.82. The minimum Gasteiger partial charge on any atom is -0.361 e. The fourth-order valence-electron chi connectivity index (χ4n) is 3.01. The Kier molecular flexibility index (Phi) is 3.28. The first-order chi connectivity index (χ1) is 9.74. The second-order valence-corrected chi connectivity index (χ2v) is 7.79. The summed E-state index contributed by atoms with van der Waals surface area (Å²) in [6, 6.07) is 5.16. The van der Waals surface area contributed by atoms with Crippen LogP contribution in [-0.2, 0) is 0 Å². The number of hydrogen-bond acceptors (Lipinski definition) is 3. The lowest BCUT2D eigenvalue weighted by molar-refractivity contribution is 0.627. The zero-order valence-corrected chi connectivity index (χ0v) is 13.1. The molecule has 3 aliphatic rings. The van der Waals surface area contributed by atoms with Crippen LogP contribution in [0, 0.1) is 5.82 Å². The van der Waals surface area contributed by atoms with Crippen molar-refractivity contribution in [3.8, 4) is 0 Å². The van der Waals surface area contributed by atoms with E-state index in [0.29, 0.717) is 0 Å². The zero-order chi connectivity index (χ0) is 13.7. The summed E-state index contributed by atoms with van der Waals surface area (Å²) in [4.78, 5) is 2.81. The van der Waals surface area contributed by atoms with Gasteiger partial charge >= 0.3 is 0 Å². The van der Waals surface area contributed by atoms with Crippen LogP contribution in [0.2, 0.25) is 5.02 Å². The predicted molar refractivity (Wildman–Crippen MR) is 85.5 cm³/mol. The largest absolute Gasteiger partial charge is 0.361 e. The summed E-state index contributed by atoms with van der Waals surface area (Å²) in [5, 5.41) is 3.83. The predicted octanol–water partition coefficient (Wildman–Crippen LogP) is 4.86. The molecule has 3 heterocycles. The topological polar surface area (TPSA) is 12.0 Å². The Morgan fingerprint density at radius 3 is 2.35 bits per heavy atom. The molecule has 0 unspecified atom stereocenters. The molecular weight excluding hydrogens is 313 g/mol. The summed E-state index contributed by atoms with van der Waals surface area (Å²) in [5.74, 6) is 2.19. The summed E-state index contributed by atoms with van der Waals surface area (Å²) in [7, 11) is 0. The molecule has 0 saturated heterocycles. The molecule has 1 aromatic carbocycles. The third kappa shape index (κ3) is 2.00. The molecule has 0 spiro atoms. The van der Waals surface area contributed by atoms with Gasteiger partial charge in [0.2, 0.25) is 0 Å². The van der Waals surface area contributed by atoms with Gasteiger partial charge in [-0.1, -0.05) is 17.7 Å². The number of thioether (sulfide) groups is 2. The lowest BCUT2D eigenvalue weighted by atomic mass is 9.92. The maximum Gasteiger partial charge on any atom is 0.141 e. The van der Waals surface area contributed by atoms with Crippen LogP contribution in [0.25, 0.3) is 0 Å². The van der Waals surface area contributed by atoms with Gasteiger partial charge in [0.1, 0.15) is 5.82 Å². The van der Waals surface area contributed by atoms with Crippen molar-refractivity contribution in [3.05, 3.63) is 55.8 Å². The third-order valence-electron chi connectivity index (χ3n) is 3.92. The van der Waals surface area contributed by atoms with E-state index in [9.17, 15) is 4.39 Å². The van der Waals surface area contributed by atoms with Gasteiger partial charge in [-0.3, -0.25) is 0 Å². The van der Waals surface area contributed by atoms with Crippen molar-refractivity contribution in [3.63, 3.8) is 0 Å². The molecule has 4 rings (SSSR count). The van der Waals surface area contributed by atoms with Crippen molar-refractivity contribution < 1.29 is 4.39 Å². The first-order valence-corrected chi connectivity index (χ1v) is 9.02. The van der Waals surface area contributed by atoms with Crippen LogP contribution < -0.4 is 5.32 Å². The first kappa shape index (κ1) is 13.1. The highest BCUT2D eigenvalue weighted by atomic mass is 35.5. The molecular formula is C15H13ClFNS2. The smallest absolute Gasteiger partial charge is 0.141 e. The fraction of sp³-hybridized carbons (Fsp3) is 0.333. The van der Waals surface area contributed by atoms with E-state index in [4.69, 9.17) is 11.6 Å². The minimum absolute atomic E-state index is 0.219. The van der Waals surface area contributed by atoms with Gasteiger partial charge in [0, 0.05) is 38.6 Å². The molecule has 0 aliphatic carbocycles. The molecule has 0 fully saturated rings. The van der Waals surface area contributed by atoms with Crippen molar-refractivity contribution in [2.24, 2.45) is 0 Å². The number of allylic oxidation sites excluding steroid dienone is 4. The third-order valence-corrected chi connectivity index (χ3v) is 6.61. The van der Waals surface area contributed by atoms with Gasteiger partial charge in [0.15, 0.2) is 0 Å². The molecule has 5 heteroatoms. The quantitative estimate of drug-likeness (QED) is 0.791. The maximum absolute atomic E-state index is 13.4. The van der Waals surface area contributed by atoms with Crippen molar-refractivity contribution in [2.45, 2.75) is 18.8 Å². The summed E-state index contributed by atoms with van der Waals surface area (Å²) >= 11 is 9.82. The highest BCUT2D eigenvalue weighted by molar-refractivity contribution is 8.04. The van der Waals surface area contributed by atoms with E-state index in [1.807, 2.05) is 29.6 Å². The molecule has 0 amide bonds. The van der Waals surface area contributed by atoms with Gasteiger partial charge in [-0.05, 0) is 30.5 Å². The molecule has 0 atom stereocenters. The van der Waals surface area contributed by atoms with Crippen LogP contribution in [0.5, 0.6) is 0 Å². The monoisotopic (exact) mass is 325 g/mol. The highest BCUT2D eigenvalue weighted by Gasteiger charge is 2.36. The number of benzene rings is 1. The Balaban J connectivity index is 1.83.